The molecular weight excluding hydrogens is 1370 g/mol. The lowest BCUT2D eigenvalue weighted by molar-refractivity contribution is -0.161. The molecule has 0 aromatic heterocycles. The summed E-state index contributed by atoms with van der Waals surface area (Å²) in [4.78, 5) is 73.2. The smallest absolute Gasteiger partial charge is 0.462 e. The number of unbranched alkanes of at least 4 members (excludes halogenated alkanes) is 57. The Morgan fingerprint density at radius 2 is 0.457 bits per heavy atom. The van der Waals surface area contributed by atoms with Crippen LogP contribution in [0, 0.1) is 5.92 Å². The highest BCUT2D eigenvalue weighted by atomic mass is 31.2. The van der Waals surface area contributed by atoms with E-state index in [9.17, 15) is 43.2 Å². The molecule has 105 heavy (non-hydrogen) atoms. The molecule has 17 nitrogen and oxygen atoms in total. The Morgan fingerprint density at radius 1 is 0.267 bits per heavy atom. The van der Waals surface area contributed by atoms with Crippen molar-refractivity contribution in [3.8, 4) is 0 Å². The lowest BCUT2D eigenvalue weighted by Crippen LogP contribution is -2.30. The Labute approximate surface area is 645 Å². The van der Waals surface area contributed by atoms with Gasteiger partial charge in [-0.3, -0.25) is 37.3 Å². The second kappa shape index (κ2) is 78.7. The zero-order valence-corrected chi connectivity index (χ0v) is 70.7. The molecule has 0 radical (unpaired) electrons. The normalized spacial score (nSPS) is 14.0. The third-order valence-electron chi connectivity index (χ3n) is 20.6. The Kier molecular flexibility index (Phi) is 77.3. The number of rotatable bonds is 86. The number of phosphoric ester groups is 2. The summed E-state index contributed by atoms with van der Waals surface area (Å²) in [7, 11) is -9.93. The van der Waals surface area contributed by atoms with Crippen LogP contribution in [0.25, 0.3) is 0 Å². The van der Waals surface area contributed by atoms with Crippen molar-refractivity contribution in [1.82, 2.24) is 0 Å². The summed E-state index contributed by atoms with van der Waals surface area (Å²) < 4.78 is 68.9. The van der Waals surface area contributed by atoms with E-state index in [4.69, 9.17) is 37.0 Å². The van der Waals surface area contributed by atoms with Gasteiger partial charge in [0.05, 0.1) is 26.4 Å². The van der Waals surface area contributed by atoms with Crippen LogP contribution in [0.5, 0.6) is 0 Å². The molecule has 0 saturated heterocycles. The summed E-state index contributed by atoms with van der Waals surface area (Å²) in [6, 6.07) is 0. The molecule has 0 aromatic rings. The average Bonchev–Trinajstić information content (AvgIpc) is 0.912. The van der Waals surface area contributed by atoms with Gasteiger partial charge in [0.1, 0.15) is 19.3 Å². The van der Waals surface area contributed by atoms with E-state index in [0.29, 0.717) is 25.7 Å². The molecule has 3 unspecified atom stereocenters. The van der Waals surface area contributed by atoms with Gasteiger partial charge in [-0.15, -0.1) is 0 Å². The molecule has 0 aromatic carbocycles. The highest BCUT2D eigenvalue weighted by Crippen LogP contribution is 2.45. The summed E-state index contributed by atoms with van der Waals surface area (Å²) in [5.41, 5.74) is 0. The molecule has 0 spiro atoms. The van der Waals surface area contributed by atoms with E-state index >= 15 is 0 Å². The number of carbonyl (C=O) groups excluding carboxylic acids is 4. The molecular formula is C86H168O17P2. The monoisotopic (exact) mass is 1540 g/mol. The molecule has 0 aliphatic rings. The van der Waals surface area contributed by atoms with Crippen molar-refractivity contribution < 1.29 is 80.2 Å². The maximum Gasteiger partial charge on any atom is 0.472 e. The first-order valence-electron chi connectivity index (χ1n) is 44.7. The molecule has 0 rings (SSSR count). The van der Waals surface area contributed by atoms with Crippen molar-refractivity contribution in [3.05, 3.63) is 0 Å². The average molecular weight is 1540 g/mol. The van der Waals surface area contributed by atoms with E-state index in [0.717, 1.165) is 102 Å². The van der Waals surface area contributed by atoms with Gasteiger partial charge in [0.25, 0.3) is 0 Å². The maximum absolute atomic E-state index is 13.1. The van der Waals surface area contributed by atoms with Crippen LogP contribution >= 0.6 is 15.6 Å². The molecule has 0 aliphatic carbocycles. The second-order valence-electron chi connectivity index (χ2n) is 31.2. The predicted molar refractivity (Wildman–Crippen MR) is 432 cm³/mol. The zero-order valence-electron chi connectivity index (χ0n) is 68.9. The van der Waals surface area contributed by atoms with Gasteiger partial charge in [-0.2, -0.15) is 0 Å². The highest BCUT2D eigenvalue weighted by Gasteiger charge is 2.30. The van der Waals surface area contributed by atoms with Crippen molar-refractivity contribution in [2.75, 3.05) is 39.6 Å². The molecule has 6 atom stereocenters. The molecule has 0 saturated carbocycles. The van der Waals surface area contributed by atoms with Crippen molar-refractivity contribution in [2.45, 2.75) is 483 Å². The minimum absolute atomic E-state index is 0.108. The van der Waals surface area contributed by atoms with E-state index in [1.54, 1.807) is 0 Å². The zero-order chi connectivity index (χ0) is 76.9. The SMILES string of the molecule is CCCCCCCCCCCCCCCCCCCCCC(=O)O[C@H](COC(=O)CCCCCCCCCCCCCCCCCCCC)COP(=O)(O)OC[C@@H](O)COP(=O)(O)OC[C@@H](COC(=O)CCCCCCCCC(C)CC)OC(=O)CCCCCCCCCCCCCCCCCCCC. The van der Waals surface area contributed by atoms with Crippen LogP contribution in [-0.4, -0.2) is 96.7 Å². The van der Waals surface area contributed by atoms with Gasteiger partial charge in [-0.05, 0) is 31.6 Å². The minimum Gasteiger partial charge on any atom is -0.462 e. The molecule has 0 fully saturated rings. The number of carbonyl (C=O) groups is 4. The van der Waals surface area contributed by atoms with Gasteiger partial charge in [-0.25, -0.2) is 9.13 Å². The Morgan fingerprint density at radius 3 is 0.676 bits per heavy atom. The number of ether oxygens (including phenoxy) is 4. The van der Waals surface area contributed by atoms with Crippen LogP contribution in [0.3, 0.4) is 0 Å². The number of hydrogen-bond donors (Lipinski definition) is 3. The fraction of sp³-hybridized carbons (Fsp3) is 0.953. The second-order valence-corrected chi connectivity index (χ2v) is 34.1. The summed E-state index contributed by atoms with van der Waals surface area (Å²) >= 11 is 0. The van der Waals surface area contributed by atoms with E-state index in [1.165, 1.54) is 283 Å². The van der Waals surface area contributed by atoms with Crippen molar-refractivity contribution in [1.29, 1.82) is 0 Å². The van der Waals surface area contributed by atoms with E-state index < -0.39 is 97.5 Å². The Hall–Kier alpha value is -1.94. The van der Waals surface area contributed by atoms with Gasteiger partial charge in [-0.1, -0.05) is 413 Å². The van der Waals surface area contributed by atoms with Crippen LogP contribution in [0.1, 0.15) is 465 Å². The molecule has 0 bridgehead atoms. The van der Waals surface area contributed by atoms with Crippen molar-refractivity contribution in [3.63, 3.8) is 0 Å². The predicted octanol–water partition coefficient (Wildman–Crippen LogP) is 26.4. The van der Waals surface area contributed by atoms with Crippen LogP contribution in [-0.2, 0) is 65.4 Å². The summed E-state index contributed by atoms with van der Waals surface area (Å²) in [5.74, 6) is -1.37. The first-order valence-corrected chi connectivity index (χ1v) is 47.7. The number of aliphatic hydroxyl groups excluding tert-OH is 1. The summed E-state index contributed by atoms with van der Waals surface area (Å²) in [6.45, 7) is 7.33. The minimum atomic E-state index is -4.97. The van der Waals surface area contributed by atoms with Gasteiger partial charge in [0.15, 0.2) is 12.2 Å². The van der Waals surface area contributed by atoms with E-state index in [1.807, 2.05) is 0 Å². The quantitative estimate of drug-likeness (QED) is 0.0222. The van der Waals surface area contributed by atoms with Crippen LogP contribution in [0.15, 0.2) is 0 Å². The van der Waals surface area contributed by atoms with Gasteiger partial charge in [0.2, 0.25) is 0 Å². The van der Waals surface area contributed by atoms with Crippen LogP contribution < -0.4 is 0 Å². The highest BCUT2D eigenvalue weighted by molar-refractivity contribution is 7.47. The molecule has 624 valence electrons. The first-order chi connectivity index (χ1) is 51.1. The topological polar surface area (TPSA) is 237 Å². The van der Waals surface area contributed by atoms with Crippen molar-refractivity contribution in [2.24, 2.45) is 5.92 Å². The molecule has 3 N–H and O–H groups in total. The van der Waals surface area contributed by atoms with Crippen LogP contribution in [0.2, 0.25) is 0 Å². The van der Waals surface area contributed by atoms with E-state index in [-0.39, 0.29) is 25.7 Å². The van der Waals surface area contributed by atoms with Gasteiger partial charge >= 0.3 is 39.5 Å². The number of aliphatic hydroxyl groups is 1. The lowest BCUT2D eigenvalue weighted by Gasteiger charge is -2.21. The molecule has 0 heterocycles. The number of esters is 4. The molecule has 0 amide bonds. The first kappa shape index (κ1) is 103. The summed E-state index contributed by atoms with van der Waals surface area (Å²) in [5, 5.41) is 10.7. The largest absolute Gasteiger partial charge is 0.472 e. The maximum atomic E-state index is 13.1. The Bertz CT molecular complexity index is 2000. The molecule has 19 heteroatoms. The van der Waals surface area contributed by atoms with Crippen LogP contribution in [0.4, 0.5) is 0 Å². The third-order valence-corrected chi connectivity index (χ3v) is 22.5. The fourth-order valence-electron chi connectivity index (χ4n) is 13.4. The van der Waals surface area contributed by atoms with Gasteiger partial charge in [0, 0.05) is 25.7 Å². The van der Waals surface area contributed by atoms with E-state index in [2.05, 4.69) is 34.6 Å². The van der Waals surface area contributed by atoms with Gasteiger partial charge < -0.3 is 33.8 Å². The number of hydrogen-bond acceptors (Lipinski definition) is 15. The lowest BCUT2D eigenvalue weighted by atomic mass is 10.00. The van der Waals surface area contributed by atoms with Crippen molar-refractivity contribution >= 4 is 39.5 Å². The third kappa shape index (κ3) is 78.5. The Balaban J connectivity index is 5.23. The number of phosphoric acid groups is 2. The molecule has 0 aliphatic heterocycles. The summed E-state index contributed by atoms with van der Waals surface area (Å²) in [6.07, 6.45) is 72.3. The fourth-order valence-corrected chi connectivity index (χ4v) is 15.0. The standard InChI is InChI=1S/C86H168O17P2/c1-6-10-13-16-19-22-25-28-31-34-37-40-43-46-49-52-55-62-66-71-85(90)102-81(75-96-83(88)69-64-59-53-50-47-44-41-38-35-32-29-26-23-20-17-14-11-7-2)77-100-104(92,93)98-73-80(87)74-99-105(94,95)101-78-82(76-97-84(89)70-65-60-57-56-58-63-68-79(5)9-4)103-86(91)72-67-61-54-51-48-45-42-39-36-33-30-27-24-21-18-15-12-8-3/h79-82,87H,6-78H2,1-5H3,(H,92,93)(H,94,95)/t79?,80-,81-,82-/m1/s1.